The Morgan fingerprint density at radius 2 is 1.88 bits per heavy atom. The molecule has 0 radical (unpaired) electrons. The zero-order valence-electron chi connectivity index (χ0n) is 15.4. The Labute approximate surface area is 155 Å². The molecule has 1 aliphatic rings. The van der Waals surface area contributed by atoms with Crippen LogP contribution in [0.5, 0.6) is 5.75 Å². The topological polar surface area (TPSA) is 38.8 Å². The van der Waals surface area contributed by atoms with Crippen LogP contribution in [0.3, 0.4) is 0 Å². The summed E-state index contributed by atoms with van der Waals surface area (Å²) in [5, 5.41) is 0. The summed E-state index contributed by atoms with van der Waals surface area (Å²) in [6.45, 7) is 2.03. The van der Waals surface area contributed by atoms with Gasteiger partial charge in [0.2, 0.25) is 5.91 Å². The quantitative estimate of drug-likeness (QED) is 0.662. The number of amides is 1. The lowest BCUT2D eigenvalue weighted by Gasteiger charge is -2.25. The Kier molecular flexibility index (Phi) is 6.67. The standard InChI is InChI=1S/C22H27NO3/c1-25-20-13-11-18(12-14-20)17-26-16-6-10-22(24)23-15-5-9-21(23)19-7-3-2-4-8-19/h2-4,7-8,11-14,21H,5-6,9-10,15-17H2,1H3/t21-/m0/s1. The number of methoxy groups -OCH3 is 1. The Bertz CT molecular complexity index is 684. The van der Waals surface area contributed by atoms with Crippen LogP contribution in [0, 0.1) is 0 Å². The molecule has 0 spiro atoms. The average Bonchev–Trinajstić information content (AvgIpc) is 3.19. The third kappa shape index (κ3) is 4.85. The molecule has 1 aliphatic heterocycles. The number of hydrogen-bond donors (Lipinski definition) is 0. The lowest BCUT2D eigenvalue weighted by atomic mass is 10.0. The highest BCUT2D eigenvalue weighted by Gasteiger charge is 2.29. The van der Waals surface area contributed by atoms with Crippen molar-refractivity contribution in [2.75, 3.05) is 20.3 Å². The van der Waals surface area contributed by atoms with Crippen LogP contribution in [0.2, 0.25) is 0 Å². The lowest BCUT2D eigenvalue weighted by molar-refractivity contribution is -0.132. The van der Waals surface area contributed by atoms with Crippen LogP contribution < -0.4 is 4.74 Å². The molecule has 2 aromatic carbocycles. The summed E-state index contributed by atoms with van der Waals surface area (Å²) in [5.41, 5.74) is 2.36. The maximum absolute atomic E-state index is 12.6. The number of nitrogens with zero attached hydrogens (tertiary/aromatic N) is 1. The molecule has 4 nitrogen and oxygen atoms in total. The molecule has 0 aliphatic carbocycles. The zero-order valence-corrected chi connectivity index (χ0v) is 15.4. The van der Waals surface area contributed by atoms with Gasteiger partial charge in [0, 0.05) is 19.6 Å². The molecular weight excluding hydrogens is 326 g/mol. The second-order valence-corrected chi connectivity index (χ2v) is 6.66. The Morgan fingerprint density at radius 1 is 1.12 bits per heavy atom. The van der Waals surface area contributed by atoms with Gasteiger partial charge in [-0.1, -0.05) is 42.5 Å². The van der Waals surface area contributed by atoms with E-state index in [1.165, 1.54) is 5.56 Å². The van der Waals surface area contributed by atoms with Crippen LogP contribution in [0.4, 0.5) is 0 Å². The highest BCUT2D eigenvalue weighted by molar-refractivity contribution is 5.77. The van der Waals surface area contributed by atoms with Crippen molar-refractivity contribution < 1.29 is 14.3 Å². The molecule has 0 saturated carbocycles. The summed E-state index contributed by atoms with van der Waals surface area (Å²) in [4.78, 5) is 14.6. The van der Waals surface area contributed by atoms with Crippen molar-refractivity contribution in [2.24, 2.45) is 0 Å². The molecule has 1 atom stereocenters. The van der Waals surface area contributed by atoms with Gasteiger partial charge in [-0.3, -0.25) is 4.79 Å². The van der Waals surface area contributed by atoms with E-state index >= 15 is 0 Å². The third-order valence-electron chi connectivity index (χ3n) is 4.86. The van der Waals surface area contributed by atoms with Crippen molar-refractivity contribution in [3.8, 4) is 5.75 Å². The van der Waals surface area contributed by atoms with E-state index in [9.17, 15) is 4.79 Å². The van der Waals surface area contributed by atoms with E-state index in [-0.39, 0.29) is 11.9 Å². The predicted octanol–water partition coefficient (Wildman–Crippen LogP) is 4.36. The fourth-order valence-electron chi connectivity index (χ4n) is 3.47. The number of hydrogen-bond acceptors (Lipinski definition) is 3. The second kappa shape index (κ2) is 9.39. The largest absolute Gasteiger partial charge is 0.497 e. The molecule has 2 aromatic rings. The minimum atomic E-state index is 0.240. The van der Waals surface area contributed by atoms with Crippen molar-refractivity contribution in [3.63, 3.8) is 0 Å². The molecule has 26 heavy (non-hydrogen) atoms. The lowest BCUT2D eigenvalue weighted by Crippen LogP contribution is -2.30. The number of ether oxygens (including phenoxy) is 2. The first-order valence-electron chi connectivity index (χ1n) is 9.33. The maximum Gasteiger partial charge on any atom is 0.223 e. The Morgan fingerprint density at radius 3 is 2.62 bits per heavy atom. The molecule has 4 heteroatoms. The molecule has 1 amide bonds. The van der Waals surface area contributed by atoms with Crippen LogP contribution in [-0.2, 0) is 16.1 Å². The summed E-state index contributed by atoms with van der Waals surface area (Å²) in [6.07, 6.45) is 3.45. The second-order valence-electron chi connectivity index (χ2n) is 6.66. The van der Waals surface area contributed by atoms with Crippen LogP contribution in [0.25, 0.3) is 0 Å². The van der Waals surface area contributed by atoms with Crippen LogP contribution in [0.15, 0.2) is 54.6 Å². The Balaban J connectivity index is 1.39. The first-order valence-corrected chi connectivity index (χ1v) is 9.33. The monoisotopic (exact) mass is 353 g/mol. The van der Waals surface area contributed by atoms with Gasteiger partial charge in [-0.05, 0) is 42.5 Å². The van der Waals surface area contributed by atoms with E-state index in [1.54, 1.807) is 7.11 Å². The van der Waals surface area contributed by atoms with E-state index < -0.39 is 0 Å². The highest BCUT2D eigenvalue weighted by atomic mass is 16.5. The molecule has 3 rings (SSSR count). The van der Waals surface area contributed by atoms with E-state index in [4.69, 9.17) is 9.47 Å². The van der Waals surface area contributed by atoms with Gasteiger partial charge in [0.05, 0.1) is 19.8 Å². The van der Waals surface area contributed by atoms with Gasteiger partial charge in [-0.25, -0.2) is 0 Å². The third-order valence-corrected chi connectivity index (χ3v) is 4.86. The summed E-state index contributed by atoms with van der Waals surface area (Å²) in [6, 6.07) is 18.4. The molecule has 138 valence electrons. The first-order chi connectivity index (χ1) is 12.8. The highest BCUT2D eigenvalue weighted by Crippen LogP contribution is 2.32. The van der Waals surface area contributed by atoms with Crippen molar-refractivity contribution in [1.82, 2.24) is 4.90 Å². The van der Waals surface area contributed by atoms with Crippen molar-refractivity contribution in [3.05, 3.63) is 65.7 Å². The van der Waals surface area contributed by atoms with E-state index in [0.29, 0.717) is 19.6 Å². The van der Waals surface area contributed by atoms with Crippen molar-refractivity contribution >= 4 is 5.91 Å². The minimum Gasteiger partial charge on any atom is -0.497 e. The van der Waals surface area contributed by atoms with E-state index in [1.807, 2.05) is 47.4 Å². The molecule has 0 bridgehead atoms. The van der Waals surface area contributed by atoms with Crippen LogP contribution in [0.1, 0.15) is 42.9 Å². The van der Waals surface area contributed by atoms with Gasteiger partial charge in [0.15, 0.2) is 0 Å². The summed E-state index contributed by atoms with van der Waals surface area (Å²) in [7, 11) is 1.66. The van der Waals surface area contributed by atoms with Crippen molar-refractivity contribution in [1.29, 1.82) is 0 Å². The minimum absolute atomic E-state index is 0.240. The number of rotatable bonds is 8. The van der Waals surface area contributed by atoms with Gasteiger partial charge in [-0.2, -0.15) is 0 Å². The fraction of sp³-hybridized carbons (Fsp3) is 0.409. The normalized spacial score (nSPS) is 16.7. The van der Waals surface area contributed by atoms with Gasteiger partial charge in [-0.15, -0.1) is 0 Å². The summed E-state index contributed by atoms with van der Waals surface area (Å²) < 4.78 is 10.9. The summed E-state index contributed by atoms with van der Waals surface area (Å²) in [5.74, 6) is 1.09. The van der Waals surface area contributed by atoms with Gasteiger partial charge < -0.3 is 14.4 Å². The molecule has 1 heterocycles. The maximum atomic E-state index is 12.6. The summed E-state index contributed by atoms with van der Waals surface area (Å²) >= 11 is 0. The smallest absolute Gasteiger partial charge is 0.223 e. The van der Waals surface area contributed by atoms with Crippen LogP contribution >= 0.6 is 0 Å². The SMILES string of the molecule is COc1ccc(COCCCC(=O)N2CCC[C@H]2c2ccccc2)cc1. The number of benzene rings is 2. The molecular formula is C22H27NO3. The Hall–Kier alpha value is -2.33. The zero-order chi connectivity index (χ0) is 18.2. The van der Waals surface area contributed by atoms with Crippen molar-refractivity contribution in [2.45, 2.75) is 38.3 Å². The van der Waals surface area contributed by atoms with Gasteiger partial charge in [0.25, 0.3) is 0 Å². The molecule has 0 N–H and O–H groups in total. The molecule has 1 fully saturated rings. The van der Waals surface area contributed by atoms with Gasteiger partial charge >= 0.3 is 0 Å². The predicted molar refractivity (Wildman–Crippen MR) is 102 cm³/mol. The number of carbonyl (C=O) groups is 1. The van der Waals surface area contributed by atoms with Gasteiger partial charge in [0.1, 0.15) is 5.75 Å². The van der Waals surface area contributed by atoms with Crippen LogP contribution in [-0.4, -0.2) is 31.1 Å². The molecule has 0 unspecified atom stereocenters. The first kappa shape index (κ1) is 18.5. The van der Waals surface area contributed by atoms with E-state index in [2.05, 4.69) is 12.1 Å². The van der Waals surface area contributed by atoms with E-state index in [0.717, 1.165) is 37.1 Å². The number of likely N-dealkylation sites (tertiary alicyclic amines) is 1. The average molecular weight is 353 g/mol. The molecule has 1 saturated heterocycles. The number of carbonyl (C=O) groups excluding carboxylic acids is 1. The fourth-order valence-corrected chi connectivity index (χ4v) is 3.47. The molecule has 0 aromatic heterocycles.